The highest BCUT2D eigenvalue weighted by Gasteiger charge is 2.26. The second kappa shape index (κ2) is 5.74. The lowest BCUT2D eigenvalue weighted by molar-refractivity contribution is 0.214. The van der Waals surface area contributed by atoms with Crippen LogP contribution < -0.4 is 5.69 Å². The molecule has 1 aromatic heterocycles. The summed E-state index contributed by atoms with van der Waals surface area (Å²) in [5.74, 6) is 0. The highest BCUT2D eigenvalue weighted by molar-refractivity contribution is 7.52. The molecule has 6 nitrogen and oxygen atoms in total. The molecule has 0 spiro atoms. The SMILES string of the molecule is CCOP(=O)(Cn1c(=O)[nH]c2ccccc21)OCC. The van der Waals surface area contributed by atoms with E-state index in [0.29, 0.717) is 11.0 Å². The third-order valence-electron chi connectivity index (χ3n) is 2.65. The van der Waals surface area contributed by atoms with Gasteiger partial charge in [-0.2, -0.15) is 0 Å². The normalized spacial score (nSPS) is 12.1. The van der Waals surface area contributed by atoms with E-state index >= 15 is 0 Å². The van der Waals surface area contributed by atoms with Gasteiger partial charge in [0.1, 0.15) is 6.29 Å². The molecule has 1 heterocycles. The standard InChI is InChI=1S/C12H17N2O4P/c1-3-17-19(16,18-4-2)9-14-11-8-6-5-7-10(11)13-12(14)15/h5-8H,3-4,9H2,1-2H3,(H,13,15). The minimum Gasteiger partial charge on any atom is -0.308 e. The fourth-order valence-corrected chi connectivity index (χ4v) is 3.58. The Morgan fingerprint density at radius 2 is 1.84 bits per heavy atom. The molecular formula is C12H17N2O4P. The number of benzene rings is 1. The van der Waals surface area contributed by atoms with Crippen LogP contribution in [0.15, 0.2) is 29.1 Å². The van der Waals surface area contributed by atoms with Crippen LogP contribution >= 0.6 is 7.60 Å². The summed E-state index contributed by atoms with van der Waals surface area (Å²) in [6.45, 7) is 4.02. The Labute approximate surface area is 110 Å². The van der Waals surface area contributed by atoms with E-state index in [9.17, 15) is 9.36 Å². The van der Waals surface area contributed by atoms with Crippen molar-refractivity contribution in [2.75, 3.05) is 13.2 Å². The van der Waals surface area contributed by atoms with E-state index in [0.717, 1.165) is 0 Å². The predicted molar refractivity (Wildman–Crippen MR) is 73.4 cm³/mol. The molecule has 2 aromatic rings. The van der Waals surface area contributed by atoms with Crippen molar-refractivity contribution in [2.24, 2.45) is 0 Å². The summed E-state index contributed by atoms with van der Waals surface area (Å²) in [6.07, 6.45) is -0.0858. The number of nitrogens with one attached hydrogen (secondary N) is 1. The first-order valence-electron chi connectivity index (χ1n) is 6.15. The Kier molecular flexibility index (Phi) is 4.24. The smallest absolute Gasteiger partial charge is 0.308 e. The first-order chi connectivity index (χ1) is 9.09. The molecule has 0 saturated heterocycles. The lowest BCUT2D eigenvalue weighted by atomic mass is 10.3. The van der Waals surface area contributed by atoms with Gasteiger partial charge in [-0.3, -0.25) is 9.13 Å². The topological polar surface area (TPSA) is 73.3 Å². The zero-order valence-electron chi connectivity index (χ0n) is 11.0. The number of aromatic amines is 1. The molecule has 2 rings (SSSR count). The molecule has 0 fully saturated rings. The summed E-state index contributed by atoms with van der Waals surface area (Å²) in [5, 5.41) is 0. The molecule has 0 unspecified atom stereocenters. The summed E-state index contributed by atoms with van der Waals surface area (Å²) in [6, 6.07) is 7.22. The van der Waals surface area contributed by atoms with Crippen molar-refractivity contribution in [3.05, 3.63) is 34.7 Å². The van der Waals surface area contributed by atoms with Crippen LogP contribution in [0.2, 0.25) is 0 Å². The molecule has 1 aromatic carbocycles. The number of aromatic nitrogens is 2. The quantitative estimate of drug-likeness (QED) is 0.827. The molecule has 0 amide bonds. The number of hydrogen-bond acceptors (Lipinski definition) is 4. The van der Waals surface area contributed by atoms with Gasteiger partial charge in [0, 0.05) is 0 Å². The average Bonchev–Trinajstić information content (AvgIpc) is 2.67. The maximum Gasteiger partial charge on any atom is 0.350 e. The monoisotopic (exact) mass is 284 g/mol. The minimum atomic E-state index is -3.30. The molecule has 0 aliphatic heterocycles. The van der Waals surface area contributed by atoms with Crippen LogP contribution in [-0.4, -0.2) is 22.8 Å². The Morgan fingerprint density at radius 1 is 1.21 bits per heavy atom. The zero-order chi connectivity index (χ0) is 13.9. The van der Waals surface area contributed by atoms with Crippen molar-refractivity contribution in [3.8, 4) is 0 Å². The van der Waals surface area contributed by atoms with E-state index < -0.39 is 7.60 Å². The van der Waals surface area contributed by atoms with E-state index in [2.05, 4.69) is 4.98 Å². The van der Waals surface area contributed by atoms with Gasteiger partial charge in [-0.15, -0.1) is 0 Å². The zero-order valence-corrected chi connectivity index (χ0v) is 11.9. The molecular weight excluding hydrogens is 267 g/mol. The molecule has 7 heteroatoms. The lowest BCUT2D eigenvalue weighted by Crippen LogP contribution is -2.18. The summed E-state index contributed by atoms with van der Waals surface area (Å²) in [5.41, 5.74) is 1.07. The van der Waals surface area contributed by atoms with E-state index in [1.807, 2.05) is 12.1 Å². The molecule has 0 bridgehead atoms. The van der Waals surface area contributed by atoms with Gasteiger partial charge in [-0.25, -0.2) is 4.79 Å². The third kappa shape index (κ3) is 2.97. The summed E-state index contributed by atoms with van der Waals surface area (Å²) in [4.78, 5) is 14.6. The van der Waals surface area contributed by atoms with Crippen LogP contribution in [0.3, 0.4) is 0 Å². The molecule has 0 aliphatic carbocycles. The summed E-state index contributed by atoms with van der Waals surface area (Å²) < 4.78 is 24.3. The third-order valence-corrected chi connectivity index (χ3v) is 4.58. The molecule has 104 valence electrons. The Morgan fingerprint density at radius 3 is 2.47 bits per heavy atom. The minimum absolute atomic E-state index is 0.0858. The fraction of sp³-hybridized carbons (Fsp3) is 0.417. The van der Waals surface area contributed by atoms with Crippen LogP contribution in [0.1, 0.15) is 13.8 Å². The van der Waals surface area contributed by atoms with Crippen molar-refractivity contribution in [1.29, 1.82) is 0 Å². The number of imidazole rings is 1. The van der Waals surface area contributed by atoms with Crippen molar-refractivity contribution in [2.45, 2.75) is 20.1 Å². The molecule has 19 heavy (non-hydrogen) atoms. The van der Waals surface area contributed by atoms with Gasteiger partial charge in [0.05, 0.1) is 24.2 Å². The molecule has 0 radical (unpaired) electrons. The van der Waals surface area contributed by atoms with Crippen molar-refractivity contribution < 1.29 is 13.6 Å². The van der Waals surface area contributed by atoms with E-state index in [4.69, 9.17) is 9.05 Å². The van der Waals surface area contributed by atoms with Crippen molar-refractivity contribution in [3.63, 3.8) is 0 Å². The van der Waals surface area contributed by atoms with Crippen LogP contribution in [0, 0.1) is 0 Å². The Bertz CT molecular complexity index is 651. The van der Waals surface area contributed by atoms with E-state index in [-0.39, 0.29) is 25.2 Å². The number of nitrogens with zero attached hydrogens (tertiary/aromatic N) is 1. The van der Waals surface area contributed by atoms with Gasteiger partial charge >= 0.3 is 13.3 Å². The van der Waals surface area contributed by atoms with Gasteiger partial charge in [-0.05, 0) is 26.0 Å². The van der Waals surface area contributed by atoms with Gasteiger partial charge < -0.3 is 14.0 Å². The van der Waals surface area contributed by atoms with E-state index in [1.165, 1.54) is 4.57 Å². The van der Waals surface area contributed by atoms with Gasteiger partial charge in [-0.1, -0.05) is 12.1 Å². The number of hydrogen-bond donors (Lipinski definition) is 1. The fourth-order valence-electron chi connectivity index (χ4n) is 1.93. The number of para-hydroxylation sites is 2. The number of fused-ring (bicyclic) bond motifs is 1. The number of rotatable bonds is 6. The maximum absolute atomic E-state index is 12.5. The highest BCUT2D eigenvalue weighted by atomic mass is 31.2. The average molecular weight is 284 g/mol. The first-order valence-corrected chi connectivity index (χ1v) is 7.88. The van der Waals surface area contributed by atoms with Crippen molar-refractivity contribution >= 4 is 18.6 Å². The van der Waals surface area contributed by atoms with Crippen LogP contribution in [-0.2, 0) is 19.9 Å². The maximum atomic E-state index is 12.5. The van der Waals surface area contributed by atoms with Gasteiger partial charge in [0.25, 0.3) is 0 Å². The van der Waals surface area contributed by atoms with Crippen molar-refractivity contribution in [1.82, 2.24) is 9.55 Å². The Balaban J connectivity index is 2.42. The summed E-state index contributed by atoms with van der Waals surface area (Å²) in [7, 11) is -3.30. The molecule has 0 saturated carbocycles. The van der Waals surface area contributed by atoms with Gasteiger partial charge in [0.15, 0.2) is 0 Å². The highest BCUT2D eigenvalue weighted by Crippen LogP contribution is 2.49. The van der Waals surface area contributed by atoms with Crippen LogP contribution in [0.4, 0.5) is 0 Å². The molecule has 0 atom stereocenters. The number of H-pyrrole nitrogens is 1. The predicted octanol–water partition coefficient (Wildman–Crippen LogP) is 2.55. The lowest BCUT2D eigenvalue weighted by Gasteiger charge is -2.17. The van der Waals surface area contributed by atoms with Crippen LogP contribution in [0.25, 0.3) is 11.0 Å². The molecule has 1 N–H and O–H groups in total. The van der Waals surface area contributed by atoms with E-state index in [1.54, 1.807) is 26.0 Å². The molecule has 0 aliphatic rings. The van der Waals surface area contributed by atoms with Gasteiger partial charge in [0.2, 0.25) is 0 Å². The largest absolute Gasteiger partial charge is 0.350 e. The van der Waals surface area contributed by atoms with Crippen LogP contribution in [0.5, 0.6) is 0 Å². The Hall–Kier alpha value is -1.36. The second-order valence-electron chi connectivity index (χ2n) is 3.96. The summed E-state index contributed by atoms with van der Waals surface area (Å²) >= 11 is 0. The first kappa shape index (κ1) is 14.1. The second-order valence-corrected chi connectivity index (χ2v) is 5.98.